The van der Waals surface area contributed by atoms with E-state index in [4.69, 9.17) is 20.6 Å². The number of anilines is 1. The van der Waals surface area contributed by atoms with Crippen LogP contribution in [0.5, 0.6) is 0 Å². The van der Waals surface area contributed by atoms with Crippen LogP contribution in [-0.2, 0) is 29.1 Å². The third-order valence-electron chi connectivity index (χ3n) is 4.66. The molecule has 1 amide bonds. The van der Waals surface area contributed by atoms with Gasteiger partial charge in [-0.1, -0.05) is 0 Å². The SMILES string of the molecule is CC(C)(C)OC(=O)C[C@H](NS(=O)(=O)c1ccc(C(=O)Nc2ccc(C(=N)N)cc2)cc1)C(=O)OC(C)(C)C. The minimum atomic E-state index is -4.29. The van der Waals surface area contributed by atoms with Gasteiger partial charge in [0.2, 0.25) is 10.0 Å². The quantitative estimate of drug-likeness (QED) is 0.211. The summed E-state index contributed by atoms with van der Waals surface area (Å²) in [4.78, 5) is 37.4. The largest absolute Gasteiger partial charge is 0.460 e. The highest BCUT2D eigenvalue weighted by atomic mass is 32.2. The molecular weight excluding hydrogens is 512 g/mol. The molecule has 2 rings (SSSR count). The summed E-state index contributed by atoms with van der Waals surface area (Å²) in [5, 5.41) is 10.1. The zero-order valence-electron chi connectivity index (χ0n) is 22.2. The van der Waals surface area contributed by atoms with Crippen molar-refractivity contribution >= 4 is 39.4 Å². The molecule has 11 nitrogen and oxygen atoms in total. The number of sulfonamides is 1. The third kappa shape index (κ3) is 9.60. The van der Waals surface area contributed by atoms with Gasteiger partial charge in [0.1, 0.15) is 23.1 Å². The van der Waals surface area contributed by atoms with Crippen LogP contribution in [0.15, 0.2) is 53.4 Å². The fourth-order valence-electron chi connectivity index (χ4n) is 3.07. The lowest BCUT2D eigenvalue weighted by Gasteiger charge is -2.25. The second kappa shape index (κ2) is 11.7. The maximum Gasteiger partial charge on any atom is 0.325 e. The van der Waals surface area contributed by atoms with Gasteiger partial charge in [-0.05, 0) is 90.1 Å². The van der Waals surface area contributed by atoms with Crippen molar-refractivity contribution in [3.63, 3.8) is 0 Å². The van der Waals surface area contributed by atoms with Crippen LogP contribution in [-0.4, -0.2) is 49.3 Å². The second-order valence-electron chi connectivity index (χ2n) is 10.5. The minimum Gasteiger partial charge on any atom is -0.460 e. The summed E-state index contributed by atoms with van der Waals surface area (Å²) in [7, 11) is -4.29. The monoisotopic (exact) mass is 546 g/mol. The summed E-state index contributed by atoms with van der Waals surface area (Å²) in [5.74, 6) is -2.31. The number of hydrogen-bond donors (Lipinski definition) is 4. The molecule has 1 atom stereocenters. The number of nitrogen functional groups attached to an aromatic ring is 1. The van der Waals surface area contributed by atoms with Crippen LogP contribution in [0.2, 0.25) is 0 Å². The predicted octanol–water partition coefficient (Wildman–Crippen LogP) is 2.94. The molecule has 0 aliphatic heterocycles. The first-order valence-electron chi connectivity index (χ1n) is 11.7. The molecule has 12 heteroatoms. The van der Waals surface area contributed by atoms with Gasteiger partial charge in [-0.2, -0.15) is 4.72 Å². The lowest BCUT2D eigenvalue weighted by Crippen LogP contribution is -2.46. The van der Waals surface area contributed by atoms with Gasteiger partial charge in [0.25, 0.3) is 5.91 Å². The van der Waals surface area contributed by atoms with E-state index in [1.807, 2.05) is 0 Å². The van der Waals surface area contributed by atoms with E-state index in [1.165, 1.54) is 24.3 Å². The molecule has 0 heterocycles. The van der Waals surface area contributed by atoms with Crippen LogP contribution in [0.25, 0.3) is 0 Å². The van der Waals surface area contributed by atoms with Crippen molar-refractivity contribution in [1.82, 2.24) is 4.72 Å². The van der Waals surface area contributed by atoms with Crippen molar-refractivity contribution in [3.05, 3.63) is 59.7 Å². The Morgan fingerprint density at radius 3 is 1.84 bits per heavy atom. The molecule has 0 aromatic heterocycles. The van der Waals surface area contributed by atoms with Gasteiger partial charge in [0.15, 0.2) is 0 Å². The average Bonchev–Trinajstić information content (AvgIpc) is 2.76. The molecule has 0 bridgehead atoms. The van der Waals surface area contributed by atoms with Crippen molar-refractivity contribution < 1.29 is 32.3 Å². The van der Waals surface area contributed by atoms with Crippen molar-refractivity contribution in [3.8, 4) is 0 Å². The van der Waals surface area contributed by atoms with Gasteiger partial charge in [-0.3, -0.25) is 19.8 Å². The summed E-state index contributed by atoms with van der Waals surface area (Å²) in [6, 6.07) is 9.82. The van der Waals surface area contributed by atoms with Gasteiger partial charge in [-0.25, -0.2) is 8.42 Å². The maximum atomic E-state index is 13.0. The molecule has 38 heavy (non-hydrogen) atoms. The van der Waals surface area contributed by atoms with Crippen LogP contribution in [0, 0.1) is 5.41 Å². The number of carbonyl (C=O) groups is 3. The van der Waals surface area contributed by atoms with E-state index >= 15 is 0 Å². The number of amidine groups is 1. The van der Waals surface area contributed by atoms with E-state index in [0.717, 1.165) is 0 Å². The summed E-state index contributed by atoms with van der Waals surface area (Å²) in [6.45, 7) is 9.80. The second-order valence-corrected chi connectivity index (χ2v) is 12.2. The summed E-state index contributed by atoms with van der Waals surface area (Å²) < 4.78 is 38.8. The molecule has 0 aliphatic rings. The van der Waals surface area contributed by atoms with Crippen LogP contribution in [0.3, 0.4) is 0 Å². The number of rotatable bonds is 9. The highest BCUT2D eigenvalue weighted by Gasteiger charge is 2.33. The topological polar surface area (TPSA) is 178 Å². The number of carbonyl (C=O) groups excluding carboxylic acids is 3. The predicted molar refractivity (Wildman–Crippen MR) is 142 cm³/mol. The lowest BCUT2D eigenvalue weighted by molar-refractivity contribution is -0.164. The van der Waals surface area contributed by atoms with Crippen molar-refractivity contribution in [2.45, 2.75) is 70.1 Å². The van der Waals surface area contributed by atoms with E-state index in [1.54, 1.807) is 65.8 Å². The van der Waals surface area contributed by atoms with Crippen LogP contribution < -0.4 is 15.8 Å². The Labute approximate surface area is 222 Å². The van der Waals surface area contributed by atoms with Gasteiger partial charge >= 0.3 is 11.9 Å². The Balaban J connectivity index is 2.19. The number of amides is 1. The number of benzene rings is 2. The first-order chi connectivity index (χ1) is 17.4. The Morgan fingerprint density at radius 2 is 1.37 bits per heavy atom. The fourth-order valence-corrected chi connectivity index (χ4v) is 4.26. The molecule has 0 saturated carbocycles. The average molecular weight is 547 g/mol. The maximum absolute atomic E-state index is 13.0. The lowest BCUT2D eigenvalue weighted by atomic mass is 10.1. The highest BCUT2D eigenvalue weighted by Crippen LogP contribution is 2.18. The summed E-state index contributed by atoms with van der Waals surface area (Å²) >= 11 is 0. The molecule has 2 aromatic carbocycles. The molecule has 0 radical (unpaired) electrons. The first-order valence-corrected chi connectivity index (χ1v) is 13.2. The van der Waals surface area contributed by atoms with Crippen LogP contribution in [0.1, 0.15) is 63.9 Å². The normalized spacial score (nSPS) is 12.8. The zero-order chi connectivity index (χ0) is 28.9. The zero-order valence-corrected chi connectivity index (χ0v) is 23.1. The Kier molecular flexibility index (Phi) is 9.41. The molecule has 206 valence electrons. The van der Waals surface area contributed by atoms with E-state index < -0.39 is 51.5 Å². The van der Waals surface area contributed by atoms with E-state index in [2.05, 4.69) is 10.0 Å². The van der Waals surface area contributed by atoms with Gasteiger partial charge in [0.05, 0.1) is 11.3 Å². The van der Waals surface area contributed by atoms with Crippen molar-refractivity contribution in [2.24, 2.45) is 5.73 Å². The standard InChI is InChI=1S/C26H34N4O7S/c1-25(2,3)36-21(31)15-20(24(33)37-26(4,5)6)30-38(34,35)19-13-9-17(10-14-19)23(32)29-18-11-7-16(8-12-18)22(27)28/h7-14,20,30H,15H2,1-6H3,(H3,27,28)(H,29,32)/t20-/m0/s1. The van der Waals surface area contributed by atoms with E-state index in [-0.39, 0.29) is 16.3 Å². The van der Waals surface area contributed by atoms with Crippen molar-refractivity contribution in [1.29, 1.82) is 5.41 Å². The number of esters is 2. The van der Waals surface area contributed by atoms with Crippen LogP contribution >= 0.6 is 0 Å². The van der Waals surface area contributed by atoms with Gasteiger partial charge in [0, 0.05) is 16.8 Å². The van der Waals surface area contributed by atoms with Crippen molar-refractivity contribution in [2.75, 3.05) is 5.32 Å². The molecule has 5 N–H and O–H groups in total. The molecule has 0 fully saturated rings. The third-order valence-corrected chi connectivity index (χ3v) is 6.15. The minimum absolute atomic E-state index is 0.103. The van der Waals surface area contributed by atoms with E-state index in [9.17, 15) is 22.8 Å². The first kappa shape index (κ1) is 30.5. The van der Waals surface area contributed by atoms with Gasteiger partial charge in [-0.15, -0.1) is 0 Å². The molecule has 0 saturated heterocycles. The molecule has 0 aliphatic carbocycles. The molecule has 0 spiro atoms. The summed E-state index contributed by atoms with van der Waals surface area (Å²) in [6.07, 6.45) is -0.575. The number of nitrogens with two attached hydrogens (primary N) is 1. The highest BCUT2D eigenvalue weighted by molar-refractivity contribution is 7.89. The number of nitrogens with one attached hydrogen (secondary N) is 3. The molecule has 2 aromatic rings. The Hall–Kier alpha value is -3.77. The molecular formula is C26H34N4O7S. The Morgan fingerprint density at radius 1 is 0.868 bits per heavy atom. The summed E-state index contributed by atoms with van der Waals surface area (Å²) in [5.41, 5.74) is 4.80. The number of hydrogen-bond acceptors (Lipinski definition) is 8. The molecule has 0 unspecified atom stereocenters. The number of ether oxygens (including phenoxy) is 2. The van der Waals surface area contributed by atoms with Gasteiger partial charge < -0.3 is 20.5 Å². The smallest absolute Gasteiger partial charge is 0.325 e. The fraction of sp³-hybridized carbons (Fsp3) is 0.385. The van der Waals surface area contributed by atoms with Crippen LogP contribution in [0.4, 0.5) is 5.69 Å². The Bertz CT molecular complexity index is 1290. The van der Waals surface area contributed by atoms with E-state index in [0.29, 0.717) is 11.3 Å².